The van der Waals surface area contributed by atoms with Crippen LogP contribution in [0.15, 0.2) is 54.6 Å². The van der Waals surface area contributed by atoms with E-state index in [1.54, 1.807) is 0 Å². The van der Waals surface area contributed by atoms with E-state index in [4.69, 9.17) is 11.6 Å². The third-order valence-corrected chi connectivity index (χ3v) is 4.18. The Morgan fingerprint density at radius 3 is 2.20 bits per heavy atom. The summed E-state index contributed by atoms with van der Waals surface area (Å²) >= 11 is 5.92. The molecule has 1 aliphatic rings. The first-order valence-electron chi connectivity index (χ1n) is 6.66. The monoisotopic (exact) mass is 285 g/mol. The first-order valence-corrected chi connectivity index (χ1v) is 7.04. The second-order valence-corrected chi connectivity index (χ2v) is 6.12. The Bertz CT molecular complexity index is 634. The van der Waals surface area contributed by atoms with Crippen molar-refractivity contribution >= 4 is 23.2 Å². The maximum absolute atomic E-state index is 12.4. The number of amides is 1. The van der Waals surface area contributed by atoms with Gasteiger partial charge in [-0.25, -0.2) is 0 Å². The highest BCUT2D eigenvalue weighted by Crippen LogP contribution is 2.51. The number of halogens is 1. The zero-order valence-electron chi connectivity index (χ0n) is 11.5. The number of hydrogen-bond donors (Lipinski definition) is 0. The molecule has 0 spiro atoms. The summed E-state index contributed by atoms with van der Waals surface area (Å²) in [5.74, 6) is 0.147. The van der Waals surface area contributed by atoms with Gasteiger partial charge in [-0.1, -0.05) is 41.9 Å². The molecule has 1 saturated heterocycles. The van der Waals surface area contributed by atoms with E-state index >= 15 is 0 Å². The quantitative estimate of drug-likeness (QED) is 0.746. The molecule has 1 aliphatic heterocycles. The summed E-state index contributed by atoms with van der Waals surface area (Å²) in [5.41, 5.74) is 1.68. The Labute approximate surface area is 124 Å². The molecule has 20 heavy (non-hydrogen) atoms. The standard InChI is InChI=1S/C17H16ClNO/c1-17(2)15(12-6-4-3-5-7-12)19(16(17)20)14-10-8-13(18)9-11-14/h3-11,15H,1-2H3. The minimum atomic E-state index is -0.374. The van der Waals surface area contributed by atoms with Crippen LogP contribution in [0.4, 0.5) is 5.69 Å². The van der Waals surface area contributed by atoms with Crippen LogP contribution in [0.5, 0.6) is 0 Å². The minimum Gasteiger partial charge on any atom is -0.303 e. The lowest BCUT2D eigenvalue weighted by molar-refractivity contribution is -0.137. The summed E-state index contributed by atoms with van der Waals surface area (Å²) < 4.78 is 0. The SMILES string of the molecule is CC1(C)C(=O)N(c2ccc(Cl)cc2)C1c1ccccc1. The van der Waals surface area contributed by atoms with Gasteiger partial charge in [-0.05, 0) is 43.7 Å². The van der Waals surface area contributed by atoms with Gasteiger partial charge in [0.1, 0.15) is 0 Å². The lowest BCUT2D eigenvalue weighted by atomic mass is 9.70. The minimum absolute atomic E-state index is 0.0670. The first-order chi connectivity index (χ1) is 9.51. The highest BCUT2D eigenvalue weighted by atomic mass is 35.5. The molecule has 0 bridgehead atoms. The Morgan fingerprint density at radius 1 is 1.00 bits per heavy atom. The molecule has 1 atom stereocenters. The van der Waals surface area contributed by atoms with E-state index in [0.29, 0.717) is 5.02 Å². The number of anilines is 1. The summed E-state index contributed by atoms with van der Waals surface area (Å²) in [5, 5.41) is 0.678. The van der Waals surface area contributed by atoms with Crippen molar-refractivity contribution in [1.29, 1.82) is 0 Å². The third-order valence-electron chi connectivity index (χ3n) is 3.93. The third kappa shape index (κ3) is 1.92. The molecule has 3 heteroatoms. The smallest absolute Gasteiger partial charge is 0.235 e. The molecular weight excluding hydrogens is 270 g/mol. The van der Waals surface area contributed by atoms with Crippen molar-refractivity contribution in [1.82, 2.24) is 0 Å². The van der Waals surface area contributed by atoms with E-state index < -0.39 is 0 Å². The number of benzene rings is 2. The summed E-state index contributed by atoms with van der Waals surface area (Å²) in [4.78, 5) is 14.3. The van der Waals surface area contributed by atoms with E-state index in [1.807, 2.05) is 61.2 Å². The van der Waals surface area contributed by atoms with E-state index in [2.05, 4.69) is 12.1 Å². The Kier molecular flexibility index (Phi) is 3.06. The van der Waals surface area contributed by atoms with Gasteiger partial charge in [0.05, 0.1) is 11.5 Å². The topological polar surface area (TPSA) is 20.3 Å². The molecule has 1 heterocycles. The van der Waals surface area contributed by atoms with Crippen molar-refractivity contribution in [2.24, 2.45) is 5.41 Å². The van der Waals surface area contributed by atoms with Crippen LogP contribution in [0.2, 0.25) is 5.02 Å². The molecule has 0 N–H and O–H groups in total. The number of hydrogen-bond acceptors (Lipinski definition) is 1. The lowest BCUT2D eigenvalue weighted by Crippen LogP contribution is -2.61. The largest absolute Gasteiger partial charge is 0.303 e. The van der Waals surface area contributed by atoms with Gasteiger partial charge in [-0.15, -0.1) is 0 Å². The summed E-state index contributed by atoms with van der Waals surface area (Å²) in [7, 11) is 0. The first kappa shape index (κ1) is 13.2. The lowest BCUT2D eigenvalue weighted by Gasteiger charge is -2.53. The van der Waals surface area contributed by atoms with Gasteiger partial charge in [-0.3, -0.25) is 4.79 Å². The molecule has 102 valence electrons. The van der Waals surface area contributed by atoms with Gasteiger partial charge in [0.25, 0.3) is 0 Å². The van der Waals surface area contributed by atoms with Crippen molar-refractivity contribution in [2.45, 2.75) is 19.9 Å². The summed E-state index contributed by atoms with van der Waals surface area (Å²) in [6.45, 7) is 4.00. The molecule has 2 nitrogen and oxygen atoms in total. The fourth-order valence-corrected chi connectivity index (χ4v) is 3.00. The zero-order valence-corrected chi connectivity index (χ0v) is 12.3. The number of carbonyl (C=O) groups is 1. The Morgan fingerprint density at radius 2 is 1.60 bits per heavy atom. The molecule has 0 saturated carbocycles. The average molecular weight is 286 g/mol. The van der Waals surface area contributed by atoms with Gasteiger partial charge < -0.3 is 4.90 Å². The zero-order chi connectivity index (χ0) is 14.3. The molecule has 2 aromatic carbocycles. The maximum Gasteiger partial charge on any atom is 0.235 e. The van der Waals surface area contributed by atoms with E-state index in [1.165, 1.54) is 0 Å². The van der Waals surface area contributed by atoms with Gasteiger partial charge in [0.2, 0.25) is 5.91 Å². The van der Waals surface area contributed by atoms with Crippen LogP contribution in [-0.4, -0.2) is 5.91 Å². The van der Waals surface area contributed by atoms with Gasteiger partial charge in [0.15, 0.2) is 0 Å². The van der Waals surface area contributed by atoms with Crippen molar-refractivity contribution in [3.63, 3.8) is 0 Å². The normalized spacial score (nSPS) is 20.6. The van der Waals surface area contributed by atoms with Gasteiger partial charge in [-0.2, -0.15) is 0 Å². The van der Waals surface area contributed by atoms with Crippen molar-refractivity contribution in [3.8, 4) is 0 Å². The molecule has 1 unspecified atom stereocenters. The van der Waals surface area contributed by atoms with E-state index in [0.717, 1.165) is 11.3 Å². The van der Waals surface area contributed by atoms with E-state index in [-0.39, 0.29) is 17.4 Å². The van der Waals surface area contributed by atoms with Gasteiger partial charge in [0, 0.05) is 10.7 Å². The summed E-state index contributed by atoms with van der Waals surface area (Å²) in [6.07, 6.45) is 0. The Balaban J connectivity index is 2.02. The van der Waals surface area contributed by atoms with E-state index in [9.17, 15) is 4.79 Å². The molecule has 0 radical (unpaired) electrons. The predicted octanol–water partition coefficient (Wildman–Crippen LogP) is 4.45. The number of rotatable bonds is 2. The van der Waals surface area contributed by atoms with Crippen LogP contribution < -0.4 is 4.90 Å². The Hall–Kier alpha value is -1.80. The average Bonchev–Trinajstić information content (AvgIpc) is 2.46. The molecule has 0 aromatic heterocycles. The van der Waals surface area contributed by atoms with Crippen LogP contribution in [0, 0.1) is 5.41 Å². The second kappa shape index (κ2) is 4.64. The highest BCUT2D eigenvalue weighted by Gasteiger charge is 2.55. The molecule has 1 fully saturated rings. The maximum atomic E-state index is 12.4. The van der Waals surface area contributed by atoms with Crippen LogP contribution in [0.25, 0.3) is 0 Å². The van der Waals surface area contributed by atoms with Crippen molar-refractivity contribution in [2.75, 3.05) is 4.90 Å². The molecule has 0 aliphatic carbocycles. The van der Waals surface area contributed by atoms with Crippen molar-refractivity contribution < 1.29 is 4.79 Å². The van der Waals surface area contributed by atoms with Crippen LogP contribution in [-0.2, 0) is 4.79 Å². The summed E-state index contributed by atoms with van der Waals surface area (Å²) in [6, 6.07) is 17.6. The number of carbonyl (C=O) groups excluding carboxylic acids is 1. The number of nitrogens with zero attached hydrogens (tertiary/aromatic N) is 1. The predicted molar refractivity (Wildman–Crippen MR) is 81.9 cm³/mol. The highest BCUT2D eigenvalue weighted by molar-refractivity contribution is 6.30. The molecular formula is C17H16ClNO. The fourth-order valence-electron chi connectivity index (χ4n) is 2.87. The molecule has 1 amide bonds. The van der Waals surface area contributed by atoms with Crippen LogP contribution >= 0.6 is 11.6 Å². The number of β-lactam (4-membered cyclic amide) rings is 1. The molecule has 3 rings (SSSR count). The van der Waals surface area contributed by atoms with Crippen LogP contribution in [0.3, 0.4) is 0 Å². The van der Waals surface area contributed by atoms with Gasteiger partial charge >= 0.3 is 0 Å². The fraction of sp³-hybridized carbons (Fsp3) is 0.235. The molecule has 2 aromatic rings. The second-order valence-electron chi connectivity index (χ2n) is 5.69. The van der Waals surface area contributed by atoms with Crippen molar-refractivity contribution in [3.05, 3.63) is 65.2 Å². The van der Waals surface area contributed by atoms with Crippen LogP contribution in [0.1, 0.15) is 25.5 Å².